The van der Waals surface area contributed by atoms with E-state index in [2.05, 4.69) is 5.32 Å². The van der Waals surface area contributed by atoms with Crippen LogP contribution in [0.1, 0.15) is 19.4 Å². The van der Waals surface area contributed by atoms with Crippen LogP contribution < -0.4 is 14.8 Å². The highest BCUT2D eigenvalue weighted by Crippen LogP contribution is 2.34. The van der Waals surface area contributed by atoms with Crippen molar-refractivity contribution in [1.29, 1.82) is 0 Å². The molecule has 23 heavy (non-hydrogen) atoms. The topological polar surface area (TPSA) is 30.5 Å². The quantitative estimate of drug-likeness (QED) is 0.639. The van der Waals surface area contributed by atoms with Crippen molar-refractivity contribution < 1.29 is 9.47 Å². The van der Waals surface area contributed by atoms with Gasteiger partial charge >= 0.3 is 0 Å². The summed E-state index contributed by atoms with van der Waals surface area (Å²) in [4.78, 5) is 0. The minimum Gasteiger partial charge on any atom is -0.490 e. The zero-order chi connectivity index (χ0) is 16.8. The standard InChI is InChI=1S/C17H18Cl3NO2/c1-3-22-16-7-11(13(19)9-17(16)23-4-2)10-21-15-6-5-12(18)8-14(15)20/h5-9,21H,3-4,10H2,1-2H3. The Balaban J connectivity index is 2.20. The Morgan fingerprint density at radius 1 is 0.870 bits per heavy atom. The number of anilines is 1. The third kappa shape index (κ3) is 4.84. The SMILES string of the molecule is CCOc1cc(Cl)c(CNc2ccc(Cl)cc2Cl)cc1OCC. The van der Waals surface area contributed by atoms with Crippen LogP contribution in [0.15, 0.2) is 30.3 Å². The zero-order valence-electron chi connectivity index (χ0n) is 13.0. The molecule has 0 aliphatic heterocycles. The Morgan fingerprint density at radius 3 is 2.13 bits per heavy atom. The van der Waals surface area contributed by atoms with E-state index in [1.165, 1.54) is 0 Å². The molecule has 2 aromatic rings. The molecule has 124 valence electrons. The van der Waals surface area contributed by atoms with E-state index in [0.29, 0.717) is 46.3 Å². The van der Waals surface area contributed by atoms with Crippen molar-refractivity contribution in [1.82, 2.24) is 0 Å². The Morgan fingerprint density at radius 2 is 1.52 bits per heavy atom. The highest BCUT2D eigenvalue weighted by Gasteiger charge is 2.11. The van der Waals surface area contributed by atoms with Crippen LogP contribution in [0.4, 0.5) is 5.69 Å². The van der Waals surface area contributed by atoms with Crippen molar-refractivity contribution in [3.05, 3.63) is 51.0 Å². The fourth-order valence-electron chi connectivity index (χ4n) is 2.07. The molecule has 0 spiro atoms. The van der Waals surface area contributed by atoms with Gasteiger partial charge in [0.1, 0.15) is 0 Å². The first-order valence-corrected chi connectivity index (χ1v) is 8.45. The largest absolute Gasteiger partial charge is 0.490 e. The molecule has 0 radical (unpaired) electrons. The number of halogens is 3. The maximum absolute atomic E-state index is 6.34. The van der Waals surface area contributed by atoms with Gasteiger partial charge in [0.25, 0.3) is 0 Å². The summed E-state index contributed by atoms with van der Waals surface area (Å²) in [5.74, 6) is 1.32. The van der Waals surface area contributed by atoms with Crippen LogP contribution in [0.2, 0.25) is 15.1 Å². The first-order chi connectivity index (χ1) is 11.0. The molecule has 0 aliphatic carbocycles. The van der Waals surface area contributed by atoms with Crippen LogP contribution in [0.25, 0.3) is 0 Å². The molecule has 2 rings (SSSR count). The summed E-state index contributed by atoms with van der Waals surface area (Å²) >= 11 is 18.4. The molecule has 0 bridgehead atoms. The van der Waals surface area contributed by atoms with Crippen LogP contribution in [0.5, 0.6) is 11.5 Å². The summed E-state index contributed by atoms with van der Waals surface area (Å²) in [6.45, 7) is 5.45. The highest BCUT2D eigenvalue weighted by atomic mass is 35.5. The molecular weight excluding hydrogens is 357 g/mol. The number of nitrogens with one attached hydrogen (secondary N) is 1. The van der Waals surface area contributed by atoms with E-state index in [4.69, 9.17) is 44.3 Å². The number of benzene rings is 2. The fraction of sp³-hybridized carbons (Fsp3) is 0.294. The second kappa shape index (κ2) is 8.53. The van der Waals surface area contributed by atoms with Gasteiger partial charge in [-0.2, -0.15) is 0 Å². The van der Waals surface area contributed by atoms with Crippen molar-refractivity contribution in [3.63, 3.8) is 0 Å². The minimum absolute atomic E-state index is 0.507. The van der Waals surface area contributed by atoms with E-state index in [1.807, 2.05) is 26.0 Å². The molecule has 3 nitrogen and oxygen atoms in total. The average Bonchev–Trinajstić information content (AvgIpc) is 2.50. The van der Waals surface area contributed by atoms with Gasteiger partial charge in [-0.05, 0) is 43.7 Å². The summed E-state index contributed by atoms with van der Waals surface area (Å²) in [6.07, 6.45) is 0. The van der Waals surface area contributed by atoms with E-state index in [0.717, 1.165) is 11.3 Å². The molecule has 0 aliphatic rings. The number of hydrogen-bond donors (Lipinski definition) is 1. The van der Waals surface area contributed by atoms with Crippen molar-refractivity contribution >= 4 is 40.5 Å². The summed E-state index contributed by atoms with van der Waals surface area (Å²) in [7, 11) is 0. The number of rotatable bonds is 7. The Labute approximate surface area is 151 Å². The predicted molar refractivity (Wildman–Crippen MR) is 97.6 cm³/mol. The van der Waals surface area contributed by atoms with Gasteiger partial charge in [-0.3, -0.25) is 0 Å². The maximum Gasteiger partial charge on any atom is 0.162 e. The first-order valence-electron chi connectivity index (χ1n) is 7.32. The third-order valence-electron chi connectivity index (χ3n) is 3.11. The van der Waals surface area contributed by atoms with Crippen molar-refractivity contribution in [2.24, 2.45) is 0 Å². The lowest BCUT2D eigenvalue weighted by atomic mass is 10.2. The molecule has 0 saturated carbocycles. The van der Waals surface area contributed by atoms with Crippen LogP contribution in [-0.2, 0) is 6.54 Å². The van der Waals surface area contributed by atoms with Gasteiger partial charge in [-0.25, -0.2) is 0 Å². The summed E-state index contributed by atoms with van der Waals surface area (Å²) in [5.41, 5.74) is 1.68. The summed E-state index contributed by atoms with van der Waals surface area (Å²) < 4.78 is 11.2. The Hall–Kier alpha value is -1.29. The van der Waals surface area contributed by atoms with E-state index in [9.17, 15) is 0 Å². The van der Waals surface area contributed by atoms with Gasteiger partial charge in [0.05, 0.1) is 23.9 Å². The lowest BCUT2D eigenvalue weighted by molar-refractivity contribution is 0.287. The van der Waals surface area contributed by atoms with Crippen molar-refractivity contribution in [3.8, 4) is 11.5 Å². The van der Waals surface area contributed by atoms with E-state index >= 15 is 0 Å². The van der Waals surface area contributed by atoms with Gasteiger partial charge < -0.3 is 14.8 Å². The molecule has 0 heterocycles. The molecule has 0 atom stereocenters. The van der Waals surface area contributed by atoms with Crippen LogP contribution in [0, 0.1) is 0 Å². The van der Waals surface area contributed by atoms with Gasteiger partial charge in [0.2, 0.25) is 0 Å². The predicted octanol–water partition coefficient (Wildman–Crippen LogP) is 6.06. The molecule has 2 aromatic carbocycles. The van der Waals surface area contributed by atoms with Gasteiger partial charge in [-0.1, -0.05) is 34.8 Å². The summed E-state index contributed by atoms with van der Waals surface area (Å²) in [5, 5.41) is 5.01. The second-order valence-electron chi connectivity index (χ2n) is 4.73. The highest BCUT2D eigenvalue weighted by molar-refractivity contribution is 6.36. The lowest BCUT2D eigenvalue weighted by Gasteiger charge is -2.15. The molecule has 0 aromatic heterocycles. The number of ether oxygens (including phenoxy) is 2. The van der Waals surface area contributed by atoms with E-state index < -0.39 is 0 Å². The van der Waals surface area contributed by atoms with Gasteiger partial charge in [0, 0.05) is 22.7 Å². The molecule has 0 unspecified atom stereocenters. The average molecular weight is 375 g/mol. The second-order valence-corrected chi connectivity index (χ2v) is 5.98. The Bertz CT molecular complexity index is 677. The lowest BCUT2D eigenvalue weighted by Crippen LogP contribution is -2.04. The molecule has 0 amide bonds. The van der Waals surface area contributed by atoms with Crippen LogP contribution in [-0.4, -0.2) is 13.2 Å². The monoisotopic (exact) mass is 373 g/mol. The smallest absolute Gasteiger partial charge is 0.162 e. The Kier molecular flexibility index (Phi) is 6.70. The molecule has 6 heteroatoms. The van der Waals surface area contributed by atoms with E-state index in [-0.39, 0.29) is 0 Å². The van der Waals surface area contributed by atoms with Gasteiger partial charge in [-0.15, -0.1) is 0 Å². The molecule has 0 fully saturated rings. The van der Waals surface area contributed by atoms with Crippen LogP contribution in [0.3, 0.4) is 0 Å². The zero-order valence-corrected chi connectivity index (χ0v) is 15.2. The third-order valence-corrected chi connectivity index (χ3v) is 4.01. The number of hydrogen-bond acceptors (Lipinski definition) is 3. The van der Waals surface area contributed by atoms with Crippen molar-refractivity contribution in [2.45, 2.75) is 20.4 Å². The molecule has 0 saturated heterocycles. The van der Waals surface area contributed by atoms with Crippen molar-refractivity contribution in [2.75, 3.05) is 18.5 Å². The molecule has 1 N–H and O–H groups in total. The first kappa shape index (κ1) is 18.1. The van der Waals surface area contributed by atoms with Crippen LogP contribution >= 0.6 is 34.8 Å². The minimum atomic E-state index is 0.507. The fourth-order valence-corrected chi connectivity index (χ4v) is 2.77. The van der Waals surface area contributed by atoms with Gasteiger partial charge in [0.15, 0.2) is 11.5 Å². The summed E-state index contributed by atoms with van der Waals surface area (Å²) in [6, 6.07) is 8.96. The van der Waals surface area contributed by atoms with E-state index in [1.54, 1.807) is 18.2 Å². The normalized spacial score (nSPS) is 10.5. The molecular formula is C17H18Cl3NO2. The maximum atomic E-state index is 6.34.